The van der Waals surface area contributed by atoms with Gasteiger partial charge in [-0.25, -0.2) is 0 Å². The normalized spacial score (nSPS) is 14.0. The zero-order valence-electron chi connectivity index (χ0n) is 27.3. The average Bonchev–Trinajstić information content (AvgIpc) is 3.96. The van der Waals surface area contributed by atoms with Crippen LogP contribution in [0.4, 0.5) is 0 Å². The van der Waals surface area contributed by atoms with Crippen molar-refractivity contribution in [1.29, 1.82) is 0 Å². The number of aryl methyl sites for hydroxylation is 2. The van der Waals surface area contributed by atoms with E-state index in [1.165, 1.54) is 49.9 Å². The molecule has 244 valence electrons. The van der Waals surface area contributed by atoms with Gasteiger partial charge in [0.2, 0.25) is 0 Å². The smallest absolute Gasteiger partial charge is 0.118 e. The molecule has 0 saturated carbocycles. The second kappa shape index (κ2) is 17.3. The Bertz CT molecular complexity index is 1540. The Hall–Kier alpha value is -3.16. The summed E-state index contributed by atoms with van der Waals surface area (Å²) < 4.78 is 10.8. The van der Waals surface area contributed by atoms with Crippen LogP contribution in [0.3, 0.4) is 0 Å². The largest absolute Gasteiger partial charge is 0.497 e. The predicted octanol–water partition coefficient (Wildman–Crippen LogP) is 12.8. The zero-order chi connectivity index (χ0) is 32.3. The highest BCUT2D eigenvalue weighted by Crippen LogP contribution is 2.46. The number of benzene rings is 2. The lowest BCUT2D eigenvalue weighted by molar-refractivity contribution is 0.414. The van der Waals surface area contributed by atoms with Gasteiger partial charge < -0.3 is 9.47 Å². The standard InChI is InChI=1S/C41H44O2S4/c1-42-36-19-13-30(14-20-36)11-17-32(38-7-3-23-44-38)27-34(40-9-5-25-46-40)29-35(41-10-6-26-47-41)28-33(39-8-4-24-45-39)18-12-31-15-21-37(43-2)22-16-31/h3-10,13-16,19-26,32-35H,11-12,17-18,27-29H2,1-2H3/t32-,33-,34+,35+/m0/s1. The van der Waals surface area contributed by atoms with Gasteiger partial charge >= 0.3 is 0 Å². The number of hydrogen-bond acceptors (Lipinski definition) is 6. The SMILES string of the molecule is COc1ccc(CC[C@@H](C[C@H](C[C@@H](C[C@H](CCc2ccc(OC)cc2)c2cccs2)c2cccs2)c2cccs2)c2cccs2)cc1. The molecule has 6 aromatic rings. The van der Waals surface area contributed by atoms with Crippen LogP contribution in [-0.4, -0.2) is 14.2 Å². The number of hydrogen-bond donors (Lipinski definition) is 0. The minimum absolute atomic E-state index is 0.510. The summed E-state index contributed by atoms with van der Waals surface area (Å²) in [7, 11) is 3.47. The number of rotatable bonds is 18. The maximum absolute atomic E-state index is 5.41. The molecule has 0 unspecified atom stereocenters. The minimum atomic E-state index is 0.510. The fourth-order valence-corrected chi connectivity index (χ4v) is 10.3. The van der Waals surface area contributed by atoms with Crippen molar-refractivity contribution in [2.24, 2.45) is 0 Å². The molecule has 0 aliphatic carbocycles. The Labute approximate surface area is 296 Å². The van der Waals surface area contributed by atoms with Gasteiger partial charge in [-0.3, -0.25) is 0 Å². The van der Waals surface area contributed by atoms with E-state index in [0.717, 1.165) is 37.2 Å². The predicted molar refractivity (Wildman–Crippen MR) is 205 cm³/mol. The first-order chi connectivity index (χ1) is 23.2. The van der Waals surface area contributed by atoms with E-state index >= 15 is 0 Å². The molecule has 0 radical (unpaired) electrons. The van der Waals surface area contributed by atoms with Crippen molar-refractivity contribution in [2.75, 3.05) is 14.2 Å². The van der Waals surface area contributed by atoms with E-state index in [2.05, 4.69) is 119 Å². The van der Waals surface area contributed by atoms with Gasteiger partial charge in [-0.15, -0.1) is 45.3 Å². The second-order valence-corrected chi connectivity index (χ2v) is 16.2. The van der Waals surface area contributed by atoms with Crippen molar-refractivity contribution in [3.05, 3.63) is 149 Å². The molecule has 0 N–H and O–H groups in total. The number of methoxy groups -OCH3 is 2. The first kappa shape index (κ1) is 33.7. The minimum Gasteiger partial charge on any atom is -0.497 e. The topological polar surface area (TPSA) is 18.5 Å². The summed E-state index contributed by atoms with van der Waals surface area (Å²) in [4.78, 5) is 6.10. The quantitative estimate of drug-likeness (QED) is 0.0890. The molecule has 2 aromatic carbocycles. The molecule has 0 bridgehead atoms. The summed E-state index contributed by atoms with van der Waals surface area (Å²) in [6.45, 7) is 0. The summed E-state index contributed by atoms with van der Waals surface area (Å²) in [5.74, 6) is 3.91. The molecule has 0 spiro atoms. The lowest BCUT2D eigenvalue weighted by Gasteiger charge is -2.29. The first-order valence-corrected chi connectivity index (χ1v) is 20.1. The third kappa shape index (κ3) is 9.48. The second-order valence-electron chi connectivity index (χ2n) is 12.3. The summed E-state index contributed by atoms with van der Waals surface area (Å²) in [5, 5.41) is 9.03. The molecule has 4 atom stereocenters. The fraction of sp³-hybridized carbons (Fsp3) is 0.317. The van der Waals surface area contributed by atoms with Crippen LogP contribution in [0, 0.1) is 0 Å². The lowest BCUT2D eigenvalue weighted by Crippen LogP contribution is -2.13. The van der Waals surface area contributed by atoms with Gasteiger partial charge in [-0.2, -0.15) is 0 Å². The van der Waals surface area contributed by atoms with Gasteiger partial charge in [0.15, 0.2) is 0 Å². The maximum atomic E-state index is 5.41. The molecular formula is C41H44O2S4. The monoisotopic (exact) mass is 696 g/mol. The van der Waals surface area contributed by atoms with Crippen LogP contribution in [0.5, 0.6) is 11.5 Å². The van der Waals surface area contributed by atoms with Crippen LogP contribution in [-0.2, 0) is 12.8 Å². The van der Waals surface area contributed by atoms with Gasteiger partial charge in [-0.05, 0) is 150 Å². The molecule has 4 aromatic heterocycles. The van der Waals surface area contributed by atoms with E-state index in [-0.39, 0.29) is 0 Å². The molecule has 0 amide bonds. The Balaban J connectivity index is 1.23. The molecular weight excluding hydrogens is 653 g/mol. The van der Waals surface area contributed by atoms with Crippen molar-refractivity contribution >= 4 is 45.3 Å². The molecule has 0 fully saturated rings. The van der Waals surface area contributed by atoms with E-state index in [9.17, 15) is 0 Å². The van der Waals surface area contributed by atoms with Crippen molar-refractivity contribution < 1.29 is 9.47 Å². The van der Waals surface area contributed by atoms with E-state index in [1.54, 1.807) is 14.2 Å². The zero-order valence-corrected chi connectivity index (χ0v) is 30.5. The summed E-state index contributed by atoms with van der Waals surface area (Å²) in [6, 6.07) is 35.7. The molecule has 0 saturated heterocycles. The van der Waals surface area contributed by atoms with Crippen LogP contribution in [0.2, 0.25) is 0 Å². The van der Waals surface area contributed by atoms with E-state index in [0.29, 0.717) is 23.7 Å². The number of ether oxygens (including phenoxy) is 2. The van der Waals surface area contributed by atoms with E-state index in [1.807, 2.05) is 45.3 Å². The molecule has 0 aliphatic rings. The van der Waals surface area contributed by atoms with Crippen molar-refractivity contribution in [1.82, 2.24) is 0 Å². The van der Waals surface area contributed by atoms with Crippen LogP contribution in [0.25, 0.3) is 0 Å². The fourth-order valence-electron chi connectivity index (χ4n) is 6.80. The highest BCUT2D eigenvalue weighted by atomic mass is 32.1. The summed E-state index contributed by atoms with van der Waals surface area (Å²) >= 11 is 7.73. The average molecular weight is 697 g/mol. The molecule has 4 heterocycles. The first-order valence-electron chi connectivity index (χ1n) is 16.6. The van der Waals surface area contributed by atoms with Crippen molar-refractivity contribution in [3.8, 4) is 11.5 Å². The van der Waals surface area contributed by atoms with E-state index in [4.69, 9.17) is 9.47 Å². The molecule has 47 heavy (non-hydrogen) atoms. The van der Waals surface area contributed by atoms with Gasteiger partial charge in [0.25, 0.3) is 0 Å². The van der Waals surface area contributed by atoms with Crippen molar-refractivity contribution in [2.45, 2.75) is 68.6 Å². The van der Waals surface area contributed by atoms with Crippen LogP contribution in [0.1, 0.15) is 86.4 Å². The van der Waals surface area contributed by atoms with Crippen LogP contribution < -0.4 is 9.47 Å². The molecule has 6 rings (SSSR count). The third-order valence-corrected chi connectivity index (χ3v) is 13.5. The Kier molecular flexibility index (Phi) is 12.4. The highest BCUT2D eigenvalue weighted by molar-refractivity contribution is 7.10. The molecule has 6 heteroatoms. The Morgan fingerprint density at radius 1 is 0.426 bits per heavy atom. The highest BCUT2D eigenvalue weighted by Gasteiger charge is 2.28. The third-order valence-electron chi connectivity index (χ3n) is 9.37. The van der Waals surface area contributed by atoms with Crippen LogP contribution in [0.15, 0.2) is 119 Å². The van der Waals surface area contributed by atoms with Crippen LogP contribution >= 0.6 is 45.3 Å². The molecule has 0 aliphatic heterocycles. The summed E-state index contributed by atoms with van der Waals surface area (Å²) in [6.07, 6.45) is 7.98. The Morgan fingerprint density at radius 2 is 0.745 bits per heavy atom. The Morgan fingerprint density at radius 3 is 1.04 bits per heavy atom. The molecule has 2 nitrogen and oxygen atoms in total. The van der Waals surface area contributed by atoms with Gasteiger partial charge in [-0.1, -0.05) is 48.5 Å². The van der Waals surface area contributed by atoms with Crippen molar-refractivity contribution in [3.63, 3.8) is 0 Å². The summed E-state index contributed by atoms with van der Waals surface area (Å²) in [5.41, 5.74) is 2.76. The van der Waals surface area contributed by atoms with E-state index < -0.39 is 0 Å². The van der Waals surface area contributed by atoms with Gasteiger partial charge in [0, 0.05) is 19.5 Å². The number of thiophene rings is 4. The van der Waals surface area contributed by atoms with Gasteiger partial charge in [0.05, 0.1) is 14.2 Å². The maximum Gasteiger partial charge on any atom is 0.118 e. The van der Waals surface area contributed by atoms with Gasteiger partial charge in [0.1, 0.15) is 11.5 Å². The lowest BCUT2D eigenvalue weighted by atomic mass is 9.79.